The molecule has 1 aliphatic rings. The lowest BCUT2D eigenvalue weighted by Crippen LogP contribution is -2.27. The molecular weight excluding hydrogens is 302 g/mol. The summed E-state index contributed by atoms with van der Waals surface area (Å²) < 4.78 is 6.42. The molecule has 1 aromatic heterocycles. The van der Waals surface area contributed by atoms with Gasteiger partial charge in [0.15, 0.2) is 4.67 Å². The number of hydrogen-bond donors (Lipinski definition) is 1. The third kappa shape index (κ3) is 2.77. The van der Waals surface area contributed by atoms with Crippen molar-refractivity contribution in [2.45, 2.75) is 38.3 Å². The summed E-state index contributed by atoms with van der Waals surface area (Å²) in [6.45, 7) is 2.16. The van der Waals surface area contributed by atoms with Crippen LogP contribution in [-0.4, -0.2) is 0 Å². The van der Waals surface area contributed by atoms with E-state index < -0.39 is 0 Å². The molecule has 100 valence electrons. The van der Waals surface area contributed by atoms with E-state index in [9.17, 15) is 0 Å². The number of benzene rings is 1. The van der Waals surface area contributed by atoms with Crippen LogP contribution in [0.1, 0.15) is 48.7 Å². The van der Waals surface area contributed by atoms with Crippen LogP contribution in [0.5, 0.6) is 0 Å². The highest BCUT2D eigenvalue weighted by Gasteiger charge is 2.22. The summed E-state index contributed by atoms with van der Waals surface area (Å²) in [6.07, 6.45) is 3.65. The van der Waals surface area contributed by atoms with Crippen molar-refractivity contribution in [2.24, 2.45) is 0 Å². The predicted octanol–water partition coefficient (Wildman–Crippen LogP) is 4.77. The van der Waals surface area contributed by atoms with Crippen LogP contribution in [0.3, 0.4) is 0 Å². The topological polar surface area (TPSA) is 25.2 Å². The highest BCUT2D eigenvalue weighted by atomic mass is 79.9. The fourth-order valence-corrected chi connectivity index (χ4v) is 3.19. The fourth-order valence-electron chi connectivity index (χ4n) is 2.87. The van der Waals surface area contributed by atoms with E-state index in [0.717, 1.165) is 10.4 Å². The van der Waals surface area contributed by atoms with Crippen molar-refractivity contribution in [2.75, 3.05) is 0 Å². The van der Waals surface area contributed by atoms with Crippen LogP contribution in [-0.2, 0) is 6.42 Å². The zero-order valence-corrected chi connectivity index (χ0v) is 12.6. The van der Waals surface area contributed by atoms with Gasteiger partial charge in [-0.05, 0) is 65.4 Å². The van der Waals surface area contributed by atoms with E-state index in [2.05, 4.69) is 52.4 Å². The summed E-state index contributed by atoms with van der Waals surface area (Å²) in [7, 11) is 0. The van der Waals surface area contributed by atoms with Crippen LogP contribution in [0.2, 0.25) is 0 Å². The molecule has 0 amide bonds. The molecule has 0 aliphatic heterocycles. The van der Waals surface area contributed by atoms with E-state index >= 15 is 0 Å². The first-order valence-electron chi connectivity index (χ1n) is 6.83. The number of nitrogens with one attached hydrogen (secondary N) is 1. The maximum absolute atomic E-state index is 5.63. The quantitative estimate of drug-likeness (QED) is 0.881. The molecule has 2 nitrogen and oxygen atoms in total. The number of aryl methyl sites for hydroxylation is 1. The molecular formula is C16H18BrNO. The maximum Gasteiger partial charge on any atom is 0.169 e. The lowest BCUT2D eigenvalue weighted by molar-refractivity contribution is 0.362. The molecule has 0 radical (unpaired) electrons. The third-order valence-corrected chi connectivity index (χ3v) is 4.27. The first-order valence-corrected chi connectivity index (χ1v) is 7.62. The van der Waals surface area contributed by atoms with Crippen LogP contribution in [0.15, 0.2) is 45.5 Å². The van der Waals surface area contributed by atoms with Gasteiger partial charge in [0.1, 0.15) is 5.76 Å². The zero-order valence-electron chi connectivity index (χ0n) is 11.0. The Kier molecular flexibility index (Phi) is 3.76. The molecule has 3 heteroatoms. The van der Waals surface area contributed by atoms with Gasteiger partial charge in [-0.3, -0.25) is 0 Å². The maximum atomic E-state index is 5.63. The van der Waals surface area contributed by atoms with E-state index in [1.54, 1.807) is 0 Å². The van der Waals surface area contributed by atoms with Crippen LogP contribution in [0, 0.1) is 0 Å². The van der Waals surface area contributed by atoms with Crippen molar-refractivity contribution in [3.63, 3.8) is 0 Å². The molecule has 1 N–H and O–H groups in total. The predicted molar refractivity (Wildman–Crippen MR) is 80.1 cm³/mol. The molecule has 2 atom stereocenters. The average Bonchev–Trinajstić information content (AvgIpc) is 2.86. The molecule has 2 aromatic rings. The molecule has 0 bridgehead atoms. The van der Waals surface area contributed by atoms with Crippen molar-refractivity contribution in [3.05, 3.63) is 58.0 Å². The van der Waals surface area contributed by atoms with Crippen molar-refractivity contribution < 1.29 is 4.42 Å². The highest BCUT2D eigenvalue weighted by molar-refractivity contribution is 9.10. The van der Waals surface area contributed by atoms with E-state index in [-0.39, 0.29) is 6.04 Å². The minimum absolute atomic E-state index is 0.224. The van der Waals surface area contributed by atoms with Crippen molar-refractivity contribution in [3.8, 4) is 0 Å². The summed E-state index contributed by atoms with van der Waals surface area (Å²) in [6, 6.07) is 13.4. The van der Waals surface area contributed by atoms with Crippen molar-refractivity contribution >= 4 is 15.9 Å². The molecule has 3 rings (SSSR count). The minimum Gasteiger partial charge on any atom is -0.453 e. The summed E-state index contributed by atoms with van der Waals surface area (Å²) in [5.41, 5.74) is 2.94. The normalized spacial score (nSPS) is 20.0. The molecule has 2 unspecified atom stereocenters. The number of furan rings is 1. The van der Waals surface area contributed by atoms with Crippen LogP contribution < -0.4 is 5.32 Å². The van der Waals surface area contributed by atoms with E-state index in [0.29, 0.717) is 6.04 Å². The van der Waals surface area contributed by atoms with Gasteiger partial charge in [0, 0.05) is 6.04 Å². The average molecular weight is 320 g/mol. The Bertz CT molecular complexity index is 563. The lowest BCUT2D eigenvalue weighted by Gasteiger charge is -2.28. The molecule has 1 aliphatic carbocycles. The van der Waals surface area contributed by atoms with Gasteiger partial charge in [0.2, 0.25) is 0 Å². The van der Waals surface area contributed by atoms with Gasteiger partial charge in [-0.1, -0.05) is 24.3 Å². The smallest absolute Gasteiger partial charge is 0.169 e. The van der Waals surface area contributed by atoms with Gasteiger partial charge < -0.3 is 9.73 Å². The van der Waals surface area contributed by atoms with Crippen LogP contribution in [0.25, 0.3) is 0 Å². The first-order chi connectivity index (χ1) is 9.24. The van der Waals surface area contributed by atoms with Gasteiger partial charge in [-0.15, -0.1) is 0 Å². The number of halogens is 1. The third-order valence-electron chi connectivity index (χ3n) is 3.84. The first kappa shape index (κ1) is 12.9. The molecule has 0 saturated carbocycles. The number of hydrogen-bond acceptors (Lipinski definition) is 2. The van der Waals surface area contributed by atoms with Crippen LogP contribution in [0.4, 0.5) is 0 Å². The van der Waals surface area contributed by atoms with Gasteiger partial charge >= 0.3 is 0 Å². The number of rotatable bonds is 3. The van der Waals surface area contributed by atoms with E-state index in [1.165, 1.54) is 30.4 Å². The van der Waals surface area contributed by atoms with Crippen molar-refractivity contribution in [1.82, 2.24) is 5.32 Å². The van der Waals surface area contributed by atoms with E-state index in [4.69, 9.17) is 4.42 Å². The molecule has 19 heavy (non-hydrogen) atoms. The summed E-state index contributed by atoms with van der Waals surface area (Å²) in [5, 5.41) is 3.69. The molecule has 0 saturated heterocycles. The second kappa shape index (κ2) is 5.51. The molecule has 0 fully saturated rings. The van der Waals surface area contributed by atoms with Gasteiger partial charge in [-0.2, -0.15) is 0 Å². The summed E-state index contributed by atoms with van der Waals surface area (Å²) >= 11 is 3.36. The molecule has 1 heterocycles. The SMILES string of the molecule is CC(NC1CCCc2ccccc21)c1ccc(Br)o1. The second-order valence-electron chi connectivity index (χ2n) is 5.17. The molecule has 1 aromatic carbocycles. The molecule has 0 spiro atoms. The monoisotopic (exact) mass is 319 g/mol. The lowest BCUT2D eigenvalue weighted by atomic mass is 9.87. The summed E-state index contributed by atoms with van der Waals surface area (Å²) in [4.78, 5) is 0. The van der Waals surface area contributed by atoms with E-state index in [1.807, 2.05) is 12.1 Å². The summed E-state index contributed by atoms with van der Waals surface area (Å²) in [5.74, 6) is 0.981. The zero-order chi connectivity index (χ0) is 13.2. The Morgan fingerprint density at radius 2 is 2.11 bits per heavy atom. The van der Waals surface area contributed by atoms with Gasteiger partial charge in [0.05, 0.1) is 6.04 Å². The van der Waals surface area contributed by atoms with Gasteiger partial charge in [-0.25, -0.2) is 0 Å². The minimum atomic E-state index is 0.224. The Morgan fingerprint density at radius 1 is 1.26 bits per heavy atom. The standard InChI is InChI=1S/C16H18BrNO/c1-11(15-9-10-16(17)19-15)18-14-8-4-6-12-5-2-3-7-13(12)14/h2-3,5,7,9-11,14,18H,4,6,8H2,1H3. The van der Waals surface area contributed by atoms with Gasteiger partial charge in [0.25, 0.3) is 0 Å². The van der Waals surface area contributed by atoms with Crippen molar-refractivity contribution in [1.29, 1.82) is 0 Å². The highest BCUT2D eigenvalue weighted by Crippen LogP contribution is 2.32. The Balaban J connectivity index is 1.77. The Hall–Kier alpha value is -1.06. The van der Waals surface area contributed by atoms with Crippen LogP contribution >= 0.6 is 15.9 Å². The Morgan fingerprint density at radius 3 is 2.89 bits per heavy atom. The largest absolute Gasteiger partial charge is 0.453 e. The second-order valence-corrected chi connectivity index (χ2v) is 5.96. The number of fused-ring (bicyclic) bond motifs is 1. The Labute approximate surface area is 122 Å². The fraction of sp³-hybridized carbons (Fsp3) is 0.375.